The van der Waals surface area contributed by atoms with Crippen LogP contribution in [0.25, 0.3) is 0 Å². The Hall–Kier alpha value is -1.85. The van der Waals surface area contributed by atoms with Gasteiger partial charge in [-0.15, -0.1) is 11.8 Å². The Morgan fingerprint density at radius 2 is 1.75 bits per heavy atom. The number of rotatable bonds is 6. The van der Waals surface area contributed by atoms with Crippen molar-refractivity contribution in [2.45, 2.75) is 24.0 Å². The minimum Gasteiger partial charge on any atom is -0.495 e. The van der Waals surface area contributed by atoms with Gasteiger partial charge in [-0.25, -0.2) is 0 Å². The molecule has 1 atom stereocenters. The summed E-state index contributed by atoms with van der Waals surface area (Å²) < 4.78 is 10.5. The van der Waals surface area contributed by atoms with Gasteiger partial charge < -0.3 is 14.8 Å². The molecule has 4 nitrogen and oxygen atoms in total. The minimum atomic E-state index is -0.265. The number of hydrogen-bond donors (Lipinski definition) is 1. The first-order valence-corrected chi connectivity index (χ1v) is 8.66. The smallest absolute Gasteiger partial charge is 0.237 e. The number of halogens is 1. The van der Waals surface area contributed by atoms with Crippen LogP contribution in [-0.4, -0.2) is 25.4 Å². The zero-order valence-corrected chi connectivity index (χ0v) is 15.6. The van der Waals surface area contributed by atoms with E-state index in [9.17, 15) is 4.79 Å². The van der Waals surface area contributed by atoms with Crippen molar-refractivity contribution in [3.63, 3.8) is 0 Å². The first-order valence-electron chi connectivity index (χ1n) is 7.40. The standard InChI is InChI=1S/C18H20ClNO3S/c1-11-5-7-13(8-6-11)24-12(2)18(21)20-15-10-16(22-3)14(19)9-17(15)23-4/h5-10,12H,1-4H3,(H,20,21). The maximum Gasteiger partial charge on any atom is 0.237 e. The SMILES string of the molecule is COc1cc(NC(=O)C(C)Sc2ccc(C)cc2)c(OC)cc1Cl. The van der Waals surface area contributed by atoms with E-state index in [0.717, 1.165) is 4.90 Å². The summed E-state index contributed by atoms with van der Waals surface area (Å²) in [6, 6.07) is 11.3. The van der Waals surface area contributed by atoms with Crippen LogP contribution in [0, 0.1) is 6.92 Å². The molecule has 0 saturated heterocycles. The van der Waals surface area contributed by atoms with E-state index < -0.39 is 0 Å². The molecule has 0 spiro atoms. The first-order chi connectivity index (χ1) is 11.4. The van der Waals surface area contributed by atoms with Gasteiger partial charge in [0.05, 0.1) is 30.2 Å². The monoisotopic (exact) mass is 365 g/mol. The van der Waals surface area contributed by atoms with E-state index in [2.05, 4.69) is 5.32 Å². The summed E-state index contributed by atoms with van der Waals surface area (Å²) in [6.45, 7) is 3.89. The predicted molar refractivity (Wildman–Crippen MR) is 99.7 cm³/mol. The normalized spacial score (nSPS) is 11.7. The van der Waals surface area contributed by atoms with Gasteiger partial charge in [0.2, 0.25) is 5.91 Å². The van der Waals surface area contributed by atoms with Gasteiger partial charge in [0.1, 0.15) is 11.5 Å². The molecule has 0 fully saturated rings. The number of amides is 1. The average Bonchev–Trinajstić information content (AvgIpc) is 2.57. The molecule has 0 bridgehead atoms. The summed E-state index contributed by atoms with van der Waals surface area (Å²) in [5, 5.41) is 3.03. The lowest BCUT2D eigenvalue weighted by molar-refractivity contribution is -0.115. The average molecular weight is 366 g/mol. The Balaban J connectivity index is 2.12. The second-order valence-electron chi connectivity index (χ2n) is 5.25. The van der Waals surface area contributed by atoms with E-state index in [4.69, 9.17) is 21.1 Å². The van der Waals surface area contributed by atoms with Gasteiger partial charge >= 0.3 is 0 Å². The van der Waals surface area contributed by atoms with Gasteiger partial charge in [-0.2, -0.15) is 0 Å². The number of ether oxygens (including phenoxy) is 2. The Kier molecular flexibility index (Phi) is 6.40. The summed E-state index contributed by atoms with van der Waals surface area (Å²) in [4.78, 5) is 13.5. The molecule has 1 N–H and O–H groups in total. The highest BCUT2D eigenvalue weighted by molar-refractivity contribution is 8.00. The molecule has 0 aliphatic rings. The topological polar surface area (TPSA) is 47.6 Å². The van der Waals surface area contributed by atoms with E-state index in [1.165, 1.54) is 31.5 Å². The molecule has 0 aliphatic carbocycles. The number of aryl methyl sites for hydroxylation is 1. The highest BCUT2D eigenvalue weighted by Crippen LogP contribution is 2.36. The Morgan fingerprint density at radius 1 is 1.12 bits per heavy atom. The summed E-state index contributed by atoms with van der Waals surface area (Å²) >= 11 is 7.57. The quantitative estimate of drug-likeness (QED) is 0.748. The highest BCUT2D eigenvalue weighted by Gasteiger charge is 2.18. The van der Waals surface area contributed by atoms with E-state index in [-0.39, 0.29) is 11.2 Å². The van der Waals surface area contributed by atoms with Gasteiger partial charge in [0.15, 0.2) is 0 Å². The molecule has 0 heterocycles. The summed E-state index contributed by atoms with van der Waals surface area (Å²) in [5.74, 6) is 0.844. The van der Waals surface area contributed by atoms with Crippen molar-refractivity contribution < 1.29 is 14.3 Å². The molecule has 128 valence electrons. The molecule has 24 heavy (non-hydrogen) atoms. The van der Waals surface area contributed by atoms with Gasteiger partial charge in [-0.1, -0.05) is 29.3 Å². The molecule has 0 aliphatic heterocycles. The summed E-state index contributed by atoms with van der Waals surface area (Å²) in [7, 11) is 3.05. The molecule has 1 unspecified atom stereocenters. The van der Waals surface area contributed by atoms with Crippen LogP contribution in [0.15, 0.2) is 41.3 Å². The first kappa shape index (κ1) is 18.5. The van der Waals surface area contributed by atoms with Crippen LogP contribution in [0.5, 0.6) is 11.5 Å². The number of methoxy groups -OCH3 is 2. The Morgan fingerprint density at radius 3 is 2.33 bits per heavy atom. The van der Waals surface area contributed by atoms with Crippen LogP contribution in [0.3, 0.4) is 0 Å². The van der Waals surface area contributed by atoms with Gasteiger partial charge in [0.25, 0.3) is 0 Å². The van der Waals surface area contributed by atoms with Crippen molar-refractivity contribution in [3.05, 3.63) is 47.0 Å². The molecule has 0 saturated carbocycles. The second-order valence-corrected chi connectivity index (χ2v) is 7.07. The van der Waals surface area contributed by atoms with Crippen molar-refractivity contribution in [3.8, 4) is 11.5 Å². The van der Waals surface area contributed by atoms with Crippen LogP contribution in [0.4, 0.5) is 5.69 Å². The summed E-state index contributed by atoms with van der Waals surface area (Å²) in [5.41, 5.74) is 1.72. The number of anilines is 1. The number of benzene rings is 2. The zero-order chi connectivity index (χ0) is 17.7. The molecule has 6 heteroatoms. The second kappa shape index (κ2) is 8.31. The summed E-state index contributed by atoms with van der Waals surface area (Å²) in [6.07, 6.45) is 0. The fourth-order valence-corrected chi connectivity index (χ4v) is 3.17. The van der Waals surface area contributed by atoms with Crippen molar-refractivity contribution in [1.82, 2.24) is 0 Å². The van der Waals surface area contributed by atoms with Crippen molar-refractivity contribution >= 4 is 35.0 Å². The number of carbonyl (C=O) groups is 1. The molecule has 2 aromatic rings. The Labute approximate surface area is 151 Å². The third-order valence-electron chi connectivity index (χ3n) is 3.43. The molecule has 2 aromatic carbocycles. The van der Waals surface area contributed by atoms with E-state index >= 15 is 0 Å². The molecule has 0 aromatic heterocycles. The van der Waals surface area contributed by atoms with Crippen molar-refractivity contribution in [2.75, 3.05) is 19.5 Å². The van der Waals surface area contributed by atoms with Crippen LogP contribution < -0.4 is 14.8 Å². The maximum absolute atomic E-state index is 12.5. The fourth-order valence-electron chi connectivity index (χ4n) is 2.07. The lowest BCUT2D eigenvalue weighted by Gasteiger charge is -2.16. The molecular weight excluding hydrogens is 346 g/mol. The van der Waals surface area contributed by atoms with Gasteiger partial charge in [-0.05, 0) is 26.0 Å². The number of thioether (sulfide) groups is 1. The van der Waals surface area contributed by atoms with Gasteiger partial charge in [0, 0.05) is 17.0 Å². The van der Waals surface area contributed by atoms with Crippen molar-refractivity contribution in [1.29, 1.82) is 0 Å². The Bertz CT molecular complexity index is 719. The third-order valence-corrected chi connectivity index (χ3v) is 4.84. The molecule has 2 rings (SSSR count). The van der Waals surface area contributed by atoms with Crippen molar-refractivity contribution in [2.24, 2.45) is 0 Å². The predicted octanol–water partition coefficient (Wildman–Crippen LogP) is 4.78. The number of hydrogen-bond acceptors (Lipinski definition) is 4. The molecule has 1 amide bonds. The molecular formula is C18H20ClNO3S. The lowest BCUT2D eigenvalue weighted by Crippen LogP contribution is -2.22. The van der Waals surface area contributed by atoms with E-state index in [1.807, 2.05) is 38.1 Å². The highest BCUT2D eigenvalue weighted by atomic mass is 35.5. The van der Waals surface area contributed by atoms with E-state index in [0.29, 0.717) is 22.2 Å². The van der Waals surface area contributed by atoms with Crippen LogP contribution in [0.1, 0.15) is 12.5 Å². The fraction of sp³-hybridized carbons (Fsp3) is 0.278. The zero-order valence-electron chi connectivity index (χ0n) is 14.1. The minimum absolute atomic E-state index is 0.122. The largest absolute Gasteiger partial charge is 0.495 e. The number of carbonyl (C=O) groups excluding carboxylic acids is 1. The number of nitrogens with one attached hydrogen (secondary N) is 1. The van der Waals surface area contributed by atoms with E-state index in [1.54, 1.807) is 12.1 Å². The third kappa shape index (κ3) is 4.58. The van der Waals surface area contributed by atoms with Crippen LogP contribution >= 0.6 is 23.4 Å². The maximum atomic E-state index is 12.5. The van der Waals surface area contributed by atoms with Gasteiger partial charge in [-0.3, -0.25) is 4.79 Å². The van der Waals surface area contributed by atoms with Crippen LogP contribution in [0.2, 0.25) is 5.02 Å². The van der Waals surface area contributed by atoms with Crippen LogP contribution in [-0.2, 0) is 4.79 Å². The molecule has 0 radical (unpaired) electrons. The lowest BCUT2D eigenvalue weighted by atomic mass is 10.2.